The zero-order valence-electron chi connectivity index (χ0n) is 24.5. The lowest BCUT2D eigenvalue weighted by Crippen LogP contribution is -2.55. The van der Waals surface area contributed by atoms with E-state index in [4.69, 9.17) is 9.47 Å². The number of nitrogens with one attached hydrogen (secondary N) is 3. The fraction of sp³-hybridized carbons (Fsp3) is 0.265. The third kappa shape index (κ3) is 9.74. The molecule has 3 amide bonds. The number of methoxy groups -OCH3 is 1. The number of hydrogen-bond donors (Lipinski definition) is 3. The van der Waals surface area contributed by atoms with Gasteiger partial charge in [0.15, 0.2) is 0 Å². The first-order chi connectivity index (χ1) is 21.4. The lowest BCUT2D eigenvalue weighted by Gasteiger charge is -2.22. The van der Waals surface area contributed by atoms with Crippen LogP contribution in [0.5, 0.6) is 0 Å². The maximum Gasteiger partial charge on any atom is 0.308 e. The van der Waals surface area contributed by atoms with Gasteiger partial charge < -0.3 is 25.4 Å². The van der Waals surface area contributed by atoms with Gasteiger partial charge in [-0.15, -0.1) is 0 Å². The number of amides is 3. The smallest absolute Gasteiger partial charge is 0.308 e. The minimum atomic E-state index is -1.27. The molecule has 3 aromatic carbocycles. The average molecular weight is 597 g/mol. The summed E-state index contributed by atoms with van der Waals surface area (Å²) in [5.41, 5.74) is 3.31. The molecule has 0 spiro atoms. The van der Waals surface area contributed by atoms with E-state index in [0.717, 1.165) is 27.6 Å². The van der Waals surface area contributed by atoms with Crippen LogP contribution in [0.15, 0.2) is 97.2 Å². The van der Waals surface area contributed by atoms with Crippen LogP contribution in [0, 0.1) is 0 Å². The molecule has 10 nitrogen and oxygen atoms in total. The lowest BCUT2D eigenvalue weighted by molar-refractivity contribution is -0.147. The number of para-hydroxylation sites is 1. The number of aromatic nitrogens is 1. The van der Waals surface area contributed by atoms with Gasteiger partial charge in [0.2, 0.25) is 17.7 Å². The van der Waals surface area contributed by atoms with Crippen LogP contribution in [0.2, 0.25) is 0 Å². The molecule has 228 valence electrons. The van der Waals surface area contributed by atoms with Crippen LogP contribution in [-0.4, -0.2) is 54.5 Å². The predicted octanol–water partition coefficient (Wildman–Crippen LogP) is 3.23. The largest absolute Gasteiger partial charge is 0.461 e. The first-order valence-corrected chi connectivity index (χ1v) is 14.4. The van der Waals surface area contributed by atoms with Gasteiger partial charge in [0.1, 0.15) is 18.7 Å². The average Bonchev–Trinajstić information content (AvgIpc) is 3.05. The molecule has 2 unspecified atom stereocenters. The molecule has 3 N–H and O–H groups in total. The molecule has 0 saturated carbocycles. The molecule has 0 fully saturated rings. The van der Waals surface area contributed by atoms with Crippen LogP contribution in [0.25, 0.3) is 10.9 Å². The summed E-state index contributed by atoms with van der Waals surface area (Å²) >= 11 is 0. The maximum atomic E-state index is 13.4. The molecule has 4 rings (SSSR count). The zero-order valence-corrected chi connectivity index (χ0v) is 24.5. The van der Waals surface area contributed by atoms with Crippen molar-refractivity contribution in [3.63, 3.8) is 0 Å². The van der Waals surface area contributed by atoms with Gasteiger partial charge in [0.05, 0.1) is 18.5 Å². The summed E-state index contributed by atoms with van der Waals surface area (Å²) in [6.45, 7) is 0.0704. The molecule has 4 aromatic rings. The molecule has 10 heteroatoms. The summed E-state index contributed by atoms with van der Waals surface area (Å²) in [6, 6.07) is 25.7. The predicted molar refractivity (Wildman–Crippen MR) is 165 cm³/mol. The molecule has 0 radical (unpaired) electrons. The van der Waals surface area contributed by atoms with Gasteiger partial charge in [-0.2, -0.15) is 0 Å². The van der Waals surface area contributed by atoms with Crippen LogP contribution in [-0.2, 0) is 48.2 Å². The Balaban J connectivity index is 1.40. The molecule has 0 aliphatic heterocycles. The fourth-order valence-electron chi connectivity index (χ4n) is 4.58. The summed E-state index contributed by atoms with van der Waals surface area (Å²) in [5.74, 6) is -2.29. The van der Waals surface area contributed by atoms with Crippen molar-refractivity contribution >= 4 is 34.6 Å². The van der Waals surface area contributed by atoms with E-state index in [1.165, 1.54) is 7.11 Å². The molecular weight excluding hydrogens is 560 g/mol. The molecule has 0 saturated heterocycles. The third-order valence-corrected chi connectivity index (χ3v) is 6.88. The van der Waals surface area contributed by atoms with Crippen molar-refractivity contribution in [1.29, 1.82) is 0 Å². The third-order valence-electron chi connectivity index (χ3n) is 6.88. The Morgan fingerprint density at radius 1 is 0.773 bits per heavy atom. The molecule has 0 aliphatic rings. The van der Waals surface area contributed by atoms with Crippen molar-refractivity contribution in [2.24, 2.45) is 0 Å². The van der Waals surface area contributed by atoms with E-state index >= 15 is 0 Å². The van der Waals surface area contributed by atoms with Gasteiger partial charge in [0.25, 0.3) is 0 Å². The molecule has 0 bridgehead atoms. The van der Waals surface area contributed by atoms with Crippen LogP contribution in [0.4, 0.5) is 0 Å². The zero-order chi connectivity index (χ0) is 31.1. The minimum Gasteiger partial charge on any atom is -0.461 e. The highest BCUT2D eigenvalue weighted by atomic mass is 16.5. The highest BCUT2D eigenvalue weighted by Crippen LogP contribution is 2.15. The fourth-order valence-corrected chi connectivity index (χ4v) is 4.58. The first-order valence-electron chi connectivity index (χ1n) is 14.4. The molecule has 0 aliphatic carbocycles. The highest BCUT2D eigenvalue weighted by Gasteiger charge is 2.29. The Morgan fingerprint density at radius 2 is 1.48 bits per heavy atom. The molecule has 1 heterocycles. The van der Waals surface area contributed by atoms with E-state index in [0.29, 0.717) is 6.42 Å². The topological polar surface area (TPSA) is 136 Å². The Morgan fingerprint density at radius 3 is 2.20 bits per heavy atom. The second-order valence-electron chi connectivity index (χ2n) is 10.2. The number of hydrogen-bond acceptors (Lipinski definition) is 7. The van der Waals surface area contributed by atoms with E-state index in [1.807, 2.05) is 91.0 Å². The Hall–Kier alpha value is -5.09. The lowest BCUT2D eigenvalue weighted by atomic mass is 10.1. The maximum absolute atomic E-state index is 13.4. The molecule has 1 aromatic heterocycles. The van der Waals surface area contributed by atoms with E-state index in [1.54, 1.807) is 6.20 Å². The van der Waals surface area contributed by atoms with E-state index in [9.17, 15) is 19.2 Å². The van der Waals surface area contributed by atoms with Crippen LogP contribution in [0.3, 0.4) is 0 Å². The van der Waals surface area contributed by atoms with Crippen molar-refractivity contribution in [2.45, 2.75) is 44.5 Å². The van der Waals surface area contributed by atoms with Gasteiger partial charge >= 0.3 is 5.97 Å². The monoisotopic (exact) mass is 596 g/mol. The van der Waals surface area contributed by atoms with Crippen molar-refractivity contribution in [3.05, 3.63) is 114 Å². The number of benzene rings is 3. The number of rotatable bonds is 15. The van der Waals surface area contributed by atoms with E-state index in [-0.39, 0.29) is 26.2 Å². The van der Waals surface area contributed by atoms with Gasteiger partial charge in [0, 0.05) is 31.7 Å². The van der Waals surface area contributed by atoms with Crippen LogP contribution >= 0.6 is 0 Å². The van der Waals surface area contributed by atoms with Crippen LogP contribution < -0.4 is 16.0 Å². The quantitative estimate of drug-likeness (QED) is 0.179. The number of fused-ring (bicyclic) bond motifs is 1. The van der Waals surface area contributed by atoms with E-state index < -0.39 is 42.2 Å². The summed E-state index contributed by atoms with van der Waals surface area (Å²) < 4.78 is 10.6. The first kappa shape index (κ1) is 31.8. The Kier molecular flexibility index (Phi) is 12.0. The van der Waals surface area contributed by atoms with E-state index in [2.05, 4.69) is 20.9 Å². The summed E-state index contributed by atoms with van der Waals surface area (Å²) in [7, 11) is 1.41. The van der Waals surface area contributed by atoms with Crippen molar-refractivity contribution in [2.75, 3.05) is 13.7 Å². The minimum absolute atomic E-state index is 0.0215. The van der Waals surface area contributed by atoms with Crippen molar-refractivity contribution < 1.29 is 28.7 Å². The number of ether oxygens (including phenoxy) is 2. The molecular formula is C34H36N4O6. The normalized spacial score (nSPS) is 12.1. The molecule has 2 atom stereocenters. The summed E-state index contributed by atoms with van der Waals surface area (Å²) in [6.07, 6.45) is 1.82. The van der Waals surface area contributed by atoms with Gasteiger partial charge in [-0.05, 0) is 29.2 Å². The van der Waals surface area contributed by atoms with Crippen molar-refractivity contribution in [3.8, 4) is 0 Å². The Bertz CT molecular complexity index is 1480. The van der Waals surface area contributed by atoms with Crippen LogP contribution in [0.1, 0.15) is 29.5 Å². The van der Waals surface area contributed by atoms with Gasteiger partial charge in [-0.3, -0.25) is 24.2 Å². The number of carbonyl (C=O) groups is 4. The molecule has 44 heavy (non-hydrogen) atoms. The SMILES string of the molecule is COCC(NC(=O)C(CC(=O)OCc1ccccc1)NC(=O)CCc1ccccc1)C(=O)NCc1cccc2cccnc12. The summed E-state index contributed by atoms with van der Waals surface area (Å²) in [5, 5.41) is 9.05. The van der Waals surface area contributed by atoms with Gasteiger partial charge in [-0.1, -0.05) is 84.9 Å². The number of esters is 1. The van der Waals surface area contributed by atoms with Gasteiger partial charge in [-0.25, -0.2) is 0 Å². The number of nitrogens with zero attached hydrogens (tertiary/aromatic N) is 1. The number of carbonyl (C=O) groups excluding carboxylic acids is 4. The second-order valence-corrected chi connectivity index (χ2v) is 10.2. The Labute approximate surface area is 256 Å². The highest BCUT2D eigenvalue weighted by molar-refractivity contribution is 5.94. The van der Waals surface area contributed by atoms with Crippen molar-refractivity contribution in [1.82, 2.24) is 20.9 Å². The number of pyridine rings is 1. The number of aryl methyl sites for hydroxylation is 1. The summed E-state index contributed by atoms with van der Waals surface area (Å²) in [4.78, 5) is 56.6. The second kappa shape index (κ2) is 16.5. The standard InChI is InChI=1S/C34H36N4O6/c1-43-23-29(33(41)36-21-27-15-8-14-26-16-9-19-35-32(26)27)38-34(42)28(20-31(40)44-22-25-12-6-3-7-13-25)37-30(39)18-17-24-10-4-2-5-11-24/h2-16,19,28-29H,17-18,20-23H2,1H3,(H,36,41)(H,37,39)(H,38,42).